The Morgan fingerprint density at radius 2 is 1.84 bits per heavy atom. The number of carboxylic acids is 1. The van der Waals surface area contributed by atoms with E-state index in [9.17, 15) is 9.90 Å². The summed E-state index contributed by atoms with van der Waals surface area (Å²) in [6.07, 6.45) is 0.946. The molecule has 0 aliphatic heterocycles. The molecule has 1 rings (SSSR count). The first-order valence-electron chi connectivity index (χ1n) is 6.67. The number of rotatable bonds is 8. The van der Waals surface area contributed by atoms with E-state index in [2.05, 4.69) is 31.2 Å². The Morgan fingerprint density at radius 1 is 1.26 bits per heavy atom. The first-order chi connectivity index (χ1) is 9.01. The van der Waals surface area contributed by atoms with Gasteiger partial charge >= 0.3 is 5.97 Å². The van der Waals surface area contributed by atoms with Crippen molar-refractivity contribution in [3.05, 3.63) is 35.4 Å². The van der Waals surface area contributed by atoms with Gasteiger partial charge in [0.2, 0.25) is 0 Å². The van der Waals surface area contributed by atoms with Gasteiger partial charge < -0.3 is 15.1 Å². The molecule has 19 heavy (non-hydrogen) atoms. The number of carboxylic acid groups (broad SMARTS) is 1. The largest absolute Gasteiger partial charge is 0.481 e. The molecule has 0 aliphatic carbocycles. The van der Waals surface area contributed by atoms with Crippen molar-refractivity contribution in [1.82, 2.24) is 4.90 Å². The molecule has 0 heterocycles. The Morgan fingerprint density at radius 3 is 2.37 bits per heavy atom. The van der Waals surface area contributed by atoms with Crippen LogP contribution in [0.4, 0.5) is 0 Å². The van der Waals surface area contributed by atoms with Gasteiger partial charge in [-0.25, -0.2) is 0 Å². The van der Waals surface area contributed by atoms with E-state index < -0.39 is 12.1 Å². The van der Waals surface area contributed by atoms with Gasteiger partial charge in [-0.1, -0.05) is 31.2 Å². The SMILES string of the molecule is CCc1ccc(CCN(C)CC(O)CC(=O)O)cc1. The molecule has 1 unspecified atom stereocenters. The standard InChI is InChI=1S/C15H23NO3/c1-3-12-4-6-13(7-5-12)8-9-16(2)11-14(17)10-15(18)19/h4-7,14,17H,3,8-11H2,1-2H3,(H,18,19). The molecule has 0 radical (unpaired) electrons. The number of hydrogen-bond acceptors (Lipinski definition) is 3. The van der Waals surface area contributed by atoms with Crippen molar-refractivity contribution in [2.75, 3.05) is 20.1 Å². The molecule has 4 nitrogen and oxygen atoms in total. The van der Waals surface area contributed by atoms with Gasteiger partial charge in [-0.15, -0.1) is 0 Å². The number of likely N-dealkylation sites (N-methyl/N-ethyl adjacent to an activating group) is 1. The second-order valence-electron chi connectivity index (χ2n) is 4.93. The maximum absolute atomic E-state index is 10.5. The Kier molecular flexibility index (Phi) is 6.53. The molecule has 2 N–H and O–H groups in total. The monoisotopic (exact) mass is 265 g/mol. The van der Waals surface area contributed by atoms with Gasteiger partial charge in [0.05, 0.1) is 12.5 Å². The lowest BCUT2D eigenvalue weighted by Gasteiger charge is -2.19. The van der Waals surface area contributed by atoms with Crippen molar-refractivity contribution >= 4 is 5.97 Å². The predicted octanol–water partition coefficient (Wildman–Crippen LogP) is 1.56. The highest BCUT2D eigenvalue weighted by Gasteiger charge is 2.11. The van der Waals surface area contributed by atoms with Gasteiger partial charge in [0.15, 0.2) is 0 Å². The summed E-state index contributed by atoms with van der Waals surface area (Å²) in [4.78, 5) is 12.4. The quantitative estimate of drug-likeness (QED) is 0.749. The lowest BCUT2D eigenvalue weighted by atomic mass is 10.1. The number of aliphatic hydroxyl groups is 1. The molecule has 0 spiro atoms. The Labute approximate surface area is 114 Å². The molecule has 0 aliphatic rings. The average Bonchev–Trinajstić information content (AvgIpc) is 2.36. The van der Waals surface area contributed by atoms with Gasteiger partial charge in [0.25, 0.3) is 0 Å². The Balaban J connectivity index is 2.32. The van der Waals surface area contributed by atoms with Crippen molar-refractivity contribution in [2.24, 2.45) is 0 Å². The molecule has 0 bridgehead atoms. The minimum atomic E-state index is -0.962. The highest BCUT2D eigenvalue weighted by molar-refractivity contribution is 5.67. The molecule has 1 aromatic rings. The Hall–Kier alpha value is -1.39. The second-order valence-corrected chi connectivity index (χ2v) is 4.93. The number of aliphatic hydroxyl groups excluding tert-OH is 1. The fraction of sp³-hybridized carbons (Fsp3) is 0.533. The van der Waals surface area contributed by atoms with Crippen LogP contribution in [-0.4, -0.2) is 47.3 Å². The normalized spacial score (nSPS) is 12.6. The summed E-state index contributed by atoms with van der Waals surface area (Å²) in [5.74, 6) is -0.962. The second kappa shape index (κ2) is 7.92. The topological polar surface area (TPSA) is 60.8 Å². The van der Waals surface area contributed by atoms with Gasteiger partial charge in [-0.3, -0.25) is 4.79 Å². The molecule has 0 aromatic heterocycles. The van der Waals surface area contributed by atoms with Crippen LogP contribution in [0.3, 0.4) is 0 Å². The Bertz CT molecular complexity index is 389. The zero-order chi connectivity index (χ0) is 14.3. The maximum atomic E-state index is 10.5. The summed E-state index contributed by atoms with van der Waals surface area (Å²) < 4.78 is 0. The van der Waals surface area contributed by atoms with Crippen LogP contribution >= 0.6 is 0 Å². The van der Waals surface area contributed by atoms with Crippen LogP contribution in [0.5, 0.6) is 0 Å². The van der Waals surface area contributed by atoms with Crippen LogP contribution in [0.25, 0.3) is 0 Å². The molecule has 1 aromatic carbocycles. The van der Waals surface area contributed by atoms with Gasteiger partial charge in [-0.2, -0.15) is 0 Å². The number of nitrogens with zero attached hydrogens (tertiary/aromatic N) is 1. The van der Waals surface area contributed by atoms with Crippen LogP contribution in [0.2, 0.25) is 0 Å². The maximum Gasteiger partial charge on any atom is 0.306 e. The van der Waals surface area contributed by atoms with Crippen molar-refractivity contribution in [1.29, 1.82) is 0 Å². The molecule has 4 heteroatoms. The molecule has 1 atom stereocenters. The van der Waals surface area contributed by atoms with Crippen molar-refractivity contribution in [3.63, 3.8) is 0 Å². The smallest absolute Gasteiger partial charge is 0.306 e. The summed E-state index contributed by atoms with van der Waals surface area (Å²) in [5.41, 5.74) is 2.59. The van der Waals surface area contributed by atoms with Crippen LogP contribution in [-0.2, 0) is 17.6 Å². The summed E-state index contributed by atoms with van der Waals surface area (Å²) in [6, 6.07) is 8.52. The van der Waals surface area contributed by atoms with Crippen LogP contribution in [0, 0.1) is 0 Å². The van der Waals surface area contributed by atoms with E-state index in [-0.39, 0.29) is 6.42 Å². The molecule has 0 fully saturated rings. The summed E-state index contributed by atoms with van der Waals surface area (Å²) in [6.45, 7) is 3.33. The number of hydrogen-bond donors (Lipinski definition) is 2. The third-order valence-electron chi connectivity index (χ3n) is 3.15. The van der Waals surface area contributed by atoms with Crippen LogP contribution < -0.4 is 0 Å². The van der Waals surface area contributed by atoms with E-state index >= 15 is 0 Å². The zero-order valence-corrected chi connectivity index (χ0v) is 11.7. The third kappa shape index (κ3) is 6.36. The first-order valence-corrected chi connectivity index (χ1v) is 6.67. The van der Waals surface area contributed by atoms with Crippen molar-refractivity contribution < 1.29 is 15.0 Å². The number of aliphatic carboxylic acids is 1. The van der Waals surface area contributed by atoms with Crippen LogP contribution in [0.1, 0.15) is 24.5 Å². The molecular formula is C15H23NO3. The zero-order valence-electron chi connectivity index (χ0n) is 11.7. The lowest BCUT2D eigenvalue weighted by molar-refractivity contribution is -0.139. The van der Waals surface area contributed by atoms with E-state index in [1.807, 2.05) is 11.9 Å². The highest BCUT2D eigenvalue weighted by Crippen LogP contribution is 2.06. The van der Waals surface area contributed by atoms with E-state index in [1.165, 1.54) is 11.1 Å². The van der Waals surface area contributed by atoms with Crippen molar-refractivity contribution in [3.8, 4) is 0 Å². The van der Waals surface area contributed by atoms with E-state index in [1.54, 1.807) is 0 Å². The average molecular weight is 265 g/mol. The van der Waals surface area contributed by atoms with E-state index in [4.69, 9.17) is 5.11 Å². The molecule has 0 saturated carbocycles. The summed E-state index contributed by atoms with van der Waals surface area (Å²) >= 11 is 0. The van der Waals surface area contributed by atoms with E-state index in [0.717, 1.165) is 19.4 Å². The molecule has 106 valence electrons. The number of carbonyl (C=O) groups is 1. The molecular weight excluding hydrogens is 242 g/mol. The fourth-order valence-corrected chi connectivity index (χ4v) is 1.98. The van der Waals surface area contributed by atoms with Gasteiger partial charge in [0, 0.05) is 13.1 Å². The number of aryl methyl sites for hydroxylation is 1. The third-order valence-corrected chi connectivity index (χ3v) is 3.15. The lowest BCUT2D eigenvalue weighted by Crippen LogP contribution is -2.32. The van der Waals surface area contributed by atoms with Crippen molar-refractivity contribution in [2.45, 2.75) is 32.3 Å². The summed E-state index contributed by atoms with van der Waals surface area (Å²) in [7, 11) is 1.89. The first kappa shape index (κ1) is 15.7. The van der Waals surface area contributed by atoms with E-state index in [0.29, 0.717) is 6.54 Å². The highest BCUT2D eigenvalue weighted by atomic mass is 16.4. The van der Waals surface area contributed by atoms with Gasteiger partial charge in [-0.05, 0) is 31.0 Å². The minimum absolute atomic E-state index is 0.199. The van der Waals surface area contributed by atoms with Gasteiger partial charge in [0.1, 0.15) is 0 Å². The number of benzene rings is 1. The fourth-order valence-electron chi connectivity index (χ4n) is 1.98. The molecule has 0 saturated heterocycles. The predicted molar refractivity (Wildman–Crippen MR) is 75.3 cm³/mol. The summed E-state index contributed by atoms with van der Waals surface area (Å²) in [5, 5.41) is 18.1. The molecule has 0 amide bonds. The van der Waals surface area contributed by atoms with Crippen LogP contribution in [0.15, 0.2) is 24.3 Å². The minimum Gasteiger partial charge on any atom is -0.481 e.